The number of carbonyl (C=O) groups excluding carboxylic acids is 1. The van der Waals surface area contributed by atoms with Crippen molar-refractivity contribution >= 4 is 17.6 Å². The number of likely N-dealkylation sites (tertiary alicyclic amines) is 1. The summed E-state index contributed by atoms with van der Waals surface area (Å²) >= 11 is 5.95. The molecular weight excluding hydrogens is 288 g/mol. The van der Waals surface area contributed by atoms with Gasteiger partial charge >= 0.3 is 6.03 Å². The SMILES string of the molecule is COCCNC(=O)N1CCCC[C@H](c2ccc(Cl)cc2)C1. The zero-order chi connectivity index (χ0) is 15.1. The normalized spacial score (nSPS) is 19.1. The molecule has 1 aromatic carbocycles. The van der Waals surface area contributed by atoms with Crippen molar-refractivity contribution in [3.05, 3.63) is 34.9 Å². The van der Waals surface area contributed by atoms with Gasteiger partial charge in [-0.15, -0.1) is 0 Å². The molecule has 116 valence electrons. The molecule has 0 unspecified atom stereocenters. The molecular formula is C16H23ClN2O2. The van der Waals surface area contributed by atoms with E-state index in [1.54, 1.807) is 7.11 Å². The van der Waals surface area contributed by atoms with Crippen LogP contribution in [0.5, 0.6) is 0 Å². The smallest absolute Gasteiger partial charge is 0.317 e. The van der Waals surface area contributed by atoms with E-state index in [9.17, 15) is 4.79 Å². The molecule has 0 spiro atoms. The first-order valence-electron chi connectivity index (χ1n) is 7.48. The Morgan fingerprint density at radius 3 is 2.86 bits per heavy atom. The van der Waals surface area contributed by atoms with Crippen molar-refractivity contribution in [3.8, 4) is 0 Å². The molecule has 1 fully saturated rings. The van der Waals surface area contributed by atoms with Gasteiger partial charge in [0.2, 0.25) is 0 Å². The second-order valence-electron chi connectivity index (χ2n) is 5.42. The minimum absolute atomic E-state index is 0.00733. The molecule has 0 bridgehead atoms. The predicted molar refractivity (Wildman–Crippen MR) is 84.9 cm³/mol. The van der Waals surface area contributed by atoms with Crippen LogP contribution in [0.3, 0.4) is 0 Å². The fraction of sp³-hybridized carbons (Fsp3) is 0.562. The van der Waals surface area contributed by atoms with Gasteiger partial charge in [-0.05, 0) is 30.5 Å². The zero-order valence-electron chi connectivity index (χ0n) is 12.5. The van der Waals surface area contributed by atoms with Gasteiger partial charge in [-0.2, -0.15) is 0 Å². The number of hydrogen-bond acceptors (Lipinski definition) is 2. The van der Waals surface area contributed by atoms with E-state index in [1.807, 2.05) is 17.0 Å². The van der Waals surface area contributed by atoms with E-state index >= 15 is 0 Å². The van der Waals surface area contributed by atoms with E-state index in [0.717, 1.165) is 37.4 Å². The quantitative estimate of drug-likeness (QED) is 0.867. The van der Waals surface area contributed by atoms with Crippen LogP contribution in [0.1, 0.15) is 30.7 Å². The largest absolute Gasteiger partial charge is 0.383 e. The maximum Gasteiger partial charge on any atom is 0.317 e. The first-order chi connectivity index (χ1) is 10.2. The number of amides is 2. The third-order valence-corrected chi connectivity index (χ3v) is 4.13. The van der Waals surface area contributed by atoms with Gasteiger partial charge in [0.15, 0.2) is 0 Å². The van der Waals surface area contributed by atoms with Crippen LogP contribution in [-0.2, 0) is 4.74 Å². The summed E-state index contributed by atoms with van der Waals surface area (Å²) < 4.78 is 4.96. The second kappa shape index (κ2) is 8.25. The van der Waals surface area contributed by atoms with E-state index in [1.165, 1.54) is 5.56 Å². The summed E-state index contributed by atoms with van der Waals surface area (Å²) in [6.45, 7) is 2.68. The maximum absolute atomic E-state index is 12.2. The average Bonchev–Trinajstić information content (AvgIpc) is 2.74. The van der Waals surface area contributed by atoms with Gasteiger partial charge in [0.25, 0.3) is 0 Å². The number of ether oxygens (including phenoxy) is 1. The number of urea groups is 1. The van der Waals surface area contributed by atoms with E-state index < -0.39 is 0 Å². The first-order valence-corrected chi connectivity index (χ1v) is 7.85. The lowest BCUT2D eigenvalue weighted by molar-refractivity contribution is 0.179. The molecule has 5 heteroatoms. The summed E-state index contributed by atoms with van der Waals surface area (Å²) in [4.78, 5) is 14.1. The molecule has 0 radical (unpaired) electrons. The van der Waals surface area contributed by atoms with Gasteiger partial charge in [0.05, 0.1) is 6.61 Å². The number of halogens is 1. The Morgan fingerprint density at radius 2 is 2.14 bits per heavy atom. The lowest BCUT2D eigenvalue weighted by atomic mass is 9.94. The number of methoxy groups -OCH3 is 1. The van der Waals surface area contributed by atoms with E-state index in [-0.39, 0.29) is 6.03 Å². The van der Waals surface area contributed by atoms with Crippen LogP contribution < -0.4 is 5.32 Å². The third-order valence-electron chi connectivity index (χ3n) is 3.88. The number of nitrogens with zero attached hydrogens (tertiary/aromatic N) is 1. The molecule has 0 aromatic heterocycles. The Hall–Kier alpha value is -1.26. The van der Waals surface area contributed by atoms with Crippen molar-refractivity contribution in [3.63, 3.8) is 0 Å². The van der Waals surface area contributed by atoms with Gasteiger partial charge < -0.3 is 15.0 Å². The van der Waals surface area contributed by atoms with Crippen LogP contribution in [-0.4, -0.2) is 44.3 Å². The van der Waals surface area contributed by atoms with Crippen molar-refractivity contribution in [1.29, 1.82) is 0 Å². The molecule has 0 aliphatic carbocycles. The van der Waals surface area contributed by atoms with Gasteiger partial charge in [0.1, 0.15) is 0 Å². The molecule has 1 aromatic rings. The van der Waals surface area contributed by atoms with Crippen molar-refractivity contribution < 1.29 is 9.53 Å². The monoisotopic (exact) mass is 310 g/mol. The zero-order valence-corrected chi connectivity index (χ0v) is 13.2. The van der Waals surface area contributed by atoms with Crippen LogP contribution in [0.2, 0.25) is 5.02 Å². The Kier molecular flexibility index (Phi) is 6.33. The third kappa shape index (κ3) is 4.90. The summed E-state index contributed by atoms with van der Waals surface area (Å²) in [6, 6.07) is 7.99. The van der Waals surface area contributed by atoms with Crippen molar-refractivity contribution in [2.24, 2.45) is 0 Å². The van der Waals surface area contributed by atoms with Gasteiger partial charge in [-0.1, -0.05) is 30.2 Å². The van der Waals surface area contributed by atoms with Crippen LogP contribution >= 0.6 is 11.6 Å². The van der Waals surface area contributed by atoms with Crippen LogP contribution in [0.15, 0.2) is 24.3 Å². The molecule has 2 amide bonds. The Bertz CT molecular complexity index is 450. The fourth-order valence-corrected chi connectivity index (χ4v) is 2.83. The van der Waals surface area contributed by atoms with E-state index in [4.69, 9.17) is 16.3 Å². The Balaban J connectivity index is 1.97. The molecule has 1 N–H and O–H groups in total. The topological polar surface area (TPSA) is 41.6 Å². The Morgan fingerprint density at radius 1 is 1.38 bits per heavy atom. The van der Waals surface area contributed by atoms with Gasteiger partial charge in [-0.25, -0.2) is 4.79 Å². The number of nitrogens with one attached hydrogen (secondary N) is 1. The summed E-state index contributed by atoms with van der Waals surface area (Å²) in [5.41, 5.74) is 1.26. The molecule has 1 saturated heterocycles. The molecule has 4 nitrogen and oxygen atoms in total. The van der Waals surface area contributed by atoms with Gasteiger partial charge in [-0.3, -0.25) is 0 Å². The highest BCUT2D eigenvalue weighted by Crippen LogP contribution is 2.27. The highest BCUT2D eigenvalue weighted by atomic mass is 35.5. The van der Waals surface area contributed by atoms with Crippen LogP contribution in [0.25, 0.3) is 0 Å². The number of rotatable bonds is 4. The predicted octanol–water partition coefficient (Wildman–Crippen LogP) is 3.27. The molecule has 1 heterocycles. The van der Waals surface area contributed by atoms with Crippen LogP contribution in [0, 0.1) is 0 Å². The summed E-state index contributed by atoms with van der Waals surface area (Å²) in [5, 5.41) is 3.65. The van der Waals surface area contributed by atoms with Crippen molar-refractivity contribution in [1.82, 2.24) is 10.2 Å². The standard InChI is InChI=1S/C16H23ClN2O2/c1-21-11-9-18-16(20)19-10-3-2-4-14(12-19)13-5-7-15(17)8-6-13/h5-8,14H,2-4,9-12H2,1H3,(H,18,20)/t14-/m0/s1. The highest BCUT2D eigenvalue weighted by Gasteiger charge is 2.22. The fourth-order valence-electron chi connectivity index (χ4n) is 2.71. The average molecular weight is 311 g/mol. The summed E-state index contributed by atoms with van der Waals surface area (Å²) in [5.74, 6) is 0.387. The lowest BCUT2D eigenvalue weighted by Gasteiger charge is -2.25. The van der Waals surface area contributed by atoms with Gasteiger partial charge in [0, 0.05) is 37.7 Å². The molecule has 1 aliphatic rings. The minimum atomic E-state index is 0.00733. The highest BCUT2D eigenvalue weighted by molar-refractivity contribution is 6.30. The first kappa shape index (κ1) is 16.1. The number of benzene rings is 1. The number of hydrogen-bond donors (Lipinski definition) is 1. The molecule has 2 rings (SSSR count). The van der Waals surface area contributed by atoms with Crippen LogP contribution in [0.4, 0.5) is 4.79 Å². The summed E-state index contributed by atoms with van der Waals surface area (Å²) in [7, 11) is 1.63. The minimum Gasteiger partial charge on any atom is -0.383 e. The van der Waals surface area contributed by atoms with Crippen molar-refractivity contribution in [2.45, 2.75) is 25.2 Å². The van der Waals surface area contributed by atoms with Crippen molar-refractivity contribution in [2.75, 3.05) is 33.4 Å². The lowest BCUT2D eigenvalue weighted by Crippen LogP contribution is -2.42. The Labute approximate surface area is 131 Å². The molecule has 1 atom stereocenters. The number of carbonyl (C=O) groups is 1. The summed E-state index contributed by atoms with van der Waals surface area (Å²) in [6.07, 6.45) is 3.32. The second-order valence-corrected chi connectivity index (χ2v) is 5.85. The molecule has 1 aliphatic heterocycles. The van der Waals surface area contributed by atoms with E-state index in [0.29, 0.717) is 19.1 Å². The maximum atomic E-state index is 12.2. The molecule has 21 heavy (non-hydrogen) atoms. The van der Waals surface area contributed by atoms with E-state index in [2.05, 4.69) is 17.4 Å². The molecule has 0 saturated carbocycles.